The predicted molar refractivity (Wildman–Crippen MR) is 67.5 cm³/mol. The van der Waals surface area contributed by atoms with Crippen LogP contribution in [0.15, 0.2) is 0 Å². The van der Waals surface area contributed by atoms with Crippen LogP contribution in [-0.4, -0.2) is 36.6 Å². The Morgan fingerprint density at radius 1 is 1.19 bits per heavy atom. The molecule has 0 aromatic rings. The van der Waals surface area contributed by atoms with Gasteiger partial charge in [0.1, 0.15) is 0 Å². The number of fused-ring (bicyclic) bond motifs is 2. The zero-order chi connectivity index (χ0) is 11.0. The number of nitrogens with zero attached hydrogens (tertiary/aromatic N) is 1. The molecule has 4 atom stereocenters. The van der Waals surface area contributed by atoms with E-state index < -0.39 is 0 Å². The SMILES string of the molecule is CCCN(C1CCNC1)C1CC2CCC1C2. The molecule has 3 aliphatic rings. The third-order valence-corrected chi connectivity index (χ3v) is 5.11. The molecule has 4 unspecified atom stereocenters. The van der Waals surface area contributed by atoms with E-state index >= 15 is 0 Å². The molecule has 3 rings (SSSR count). The number of nitrogens with one attached hydrogen (secondary N) is 1. The van der Waals surface area contributed by atoms with Crippen molar-refractivity contribution in [1.82, 2.24) is 10.2 Å². The lowest BCUT2D eigenvalue weighted by molar-refractivity contribution is 0.101. The fourth-order valence-electron chi connectivity index (χ4n) is 4.42. The molecule has 1 aliphatic heterocycles. The Morgan fingerprint density at radius 3 is 2.69 bits per heavy atom. The van der Waals surface area contributed by atoms with Gasteiger partial charge in [0.05, 0.1) is 0 Å². The topological polar surface area (TPSA) is 15.3 Å². The summed E-state index contributed by atoms with van der Waals surface area (Å²) in [5.74, 6) is 2.14. The van der Waals surface area contributed by atoms with Gasteiger partial charge in [0.2, 0.25) is 0 Å². The molecule has 16 heavy (non-hydrogen) atoms. The van der Waals surface area contributed by atoms with E-state index in [-0.39, 0.29) is 0 Å². The Kier molecular flexibility index (Phi) is 3.21. The summed E-state index contributed by atoms with van der Waals surface area (Å²) in [5, 5.41) is 3.54. The molecule has 0 amide bonds. The molecule has 0 aromatic heterocycles. The van der Waals surface area contributed by atoms with Crippen molar-refractivity contribution in [2.24, 2.45) is 11.8 Å². The normalized spacial score (nSPS) is 42.4. The maximum Gasteiger partial charge on any atom is 0.0235 e. The van der Waals surface area contributed by atoms with Gasteiger partial charge in [-0.15, -0.1) is 0 Å². The largest absolute Gasteiger partial charge is 0.315 e. The summed E-state index contributed by atoms with van der Waals surface area (Å²) in [6, 6.07) is 1.80. The summed E-state index contributed by atoms with van der Waals surface area (Å²) >= 11 is 0. The molecule has 2 aliphatic carbocycles. The van der Waals surface area contributed by atoms with Crippen LogP contribution in [0.2, 0.25) is 0 Å². The minimum Gasteiger partial charge on any atom is -0.315 e. The van der Waals surface area contributed by atoms with E-state index in [1.807, 2.05) is 0 Å². The van der Waals surface area contributed by atoms with Crippen molar-refractivity contribution in [2.75, 3.05) is 19.6 Å². The van der Waals surface area contributed by atoms with Crippen molar-refractivity contribution in [3.05, 3.63) is 0 Å². The van der Waals surface area contributed by atoms with Crippen LogP contribution in [0.3, 0.4) is 0 Å². The van der Waals surface area contributed by atoms with Crippen LogP contribution in [0.4, 0.5) is 0 Å². The second-order valence-corrected chi connectivity index (χ2v) is 6.13. The fourth-order valence-corrected chi connectivity index (χ4v) is 4.42. The molecule has 0 aromatic carbocycles. The first-order chi connectivity index (χ1) is 7.88. The van der Waals surface area contributed by atoms with Crippen LogP contribution in [0.25, 0.3) is 0 Å². The van der Waals surface area contributed by atoms with Crippen LogP contribution >= 0.6 is 0 Å². The zero-order valence-electron chi connectivity index (χ0n) is 10.6. The minimum atomic E-state index is 0.851. The number of hydrogen-bond donors (Lipinski definition) is 1. The van der Waals surface area contributed by atoms with E-state index in [0.29, 0.717) is 0 Å². The van der Waals surface area contributed by atoms with Crippen molar-refractivity contribution in [1.29, 1.82) is 0 Å². The van der Waals surface area contributed by atoms with Crippen molar-refractivity contribution >= 4 is 0 Å². The van der Waals surface area contributed by atoms with E-state index in [2.05, 4.69) is 17.1 Å². The Morgan fingerprint density at radius 2 is 2.12 bits per heavy atom. The summed E-state index contributed by atoms with van der Waals surface area (Å²) in [6.45, 7) is 6.16. The quantitative estimate of drug-likeness (QED) is 0.785. The molecule has 2 bridgehead atoms. The third-order valence-electron chi connectivity index (χ3n) is 5.11. The second kappa shape index (κ2) is 4.66. The summed E-state index contributed by atoms with van der Waals surface area (Å²) in [4.78, 5) is 2.88. The van der Waals surface area contributed by atoms with Gasteiger partial charge < -0.3 is 5.32 Å². The molecular formula is C14H26N2. The highest BCUT2D eigenvalue weighted by Crippen LogP contribution is 2.47. The average molecular weight is 222 g/mol. The molecule has 3 fully saturated rings. The Labute approximate surface area is 99.8 Å². The van der Waals surface area contributed by atoms with E-state index in [1.54, 1.807) is 6.42 Å². The van der Waals surface area contributed by atoms with Gasteiger partial charge in [-0.25, -0.2) is 0 Å². The lowest BCUT2D eigenvalue weighted by Gasteiger charge is -2.38. The Balaban J connectivity index is 1.67. The highest BCUT2D eigenvalue weighted by molar-refractivity contribution is 4.98. The smallest absolute Gasteiger partial charge is 0.0235 e. The molecule has 1 saturated heterocycles. The molecule has 92 valence electrons. The van der Waals surface area contributed by atoms with Crippen molar-refractivity contribution in [2.45, 2.75) is 57.5 Å². The van der Waals surface area contributed by atoms with Gasteiger partial charge >= 0.3 is 0 Å². The molecule has 0 spiro atoms. The minimum absolute atomic E-state index is 0.851. The van der Waals surface area contributed by atoms with E-state index in [1.165, 1.54) is 51.7 Å². The standard InChI is InChI=1S/C14H26N2/c1-2-7-16(13-5-6-15-10-13)14-9-11-3-4-12(14)8-11/h11-15H,2-10H2,1H3. The van der Waals surface area contributed by atoms with Crippen molar-refractivity contribution in [3.8, 4) is 0 Å². The van der Waals surface area contributed by atoms with Crippen LogP contribution in [0.1, 0.15) is 45.4 Å². The first-order valence-electron chi connectivity index (χ1n) is 7.35. The van der Waals surface area contributed by atoms with Crippen LogP contribution < -0.4 is 5.32 Å². The number of rotatable bonds is 4. The van der Waals surface area contributed by atoms with Gasteiger partial charge in [-0.1, -0.05) is 13.3 Å². The first kappa shape index (κ1) is 11.0. The van der Waals surface area contributed by atoms with Gasteiger partial charge in [-0.2, -0.15) is 0 Å². The van der Waals surface area contributed by atoms with Crippen LogP contribution in [0.5, 0.6) is 0 Å². The van der Waals surface area contributed by atoms with E-state index in [9.17, 15) is 0 Å². The summed E-state index contributed by atoms with van der Waals surface area (Å²) in [6.07, 6.45) is 8.82. The van der Waals surface area contributed by atoms with Gasteiger partial charge in [-0.05, 0) is 57.0 Å². The highest BCUT2D eigenvalue weighted by atomic mass is 15.2. The van der Waals surface area contributed by atoms with Gasteiger partial charge in [0.15, 0.2) is 0 Å². The van der Waals surface area contributed by atoms with E-state index in [0.717, 1.165) is 23.9 Å². The molecule has 1 N–H and O–H groups in total. The van der Waals surface area contributed by atoms with Crippen molar-refractivity contribution in [3.63, 3.8) is 0 Å². The van der Waals surface area contributed by atoms with Crippen molar-refractivity contribution < 1.29 is 0 Å². The second-order valence-electron chi connectivity index (χ2n) is 6.13. The zero-order valence-corrected chi connectivity index (χ0v) is 10.6. The average Bonchev–Trinajstić information content (AvgIpc) is 3.01. The predicted octanol–water partition coefficient (Wildman–Crippen LogP) is 2.25. The van der Waals surface area contributed by atoms with Crippen LogP contribution in [0, 0.1) is 11.8 Å². The molecular weight excluding hydrogens is 196 g/mol. The summed E-state index contributed by atoms with van der Waals surface area (Å²) in [5.41, 5.74) is 0. The third kappa shape index (κ3) is 1.91. The molecule has 0 radical (unpaired) electrons. The first-order valence-corrected chi connectivity index (χ1v) is 7.35. The van der Waals surface area contributed by atoms with Gasteiger partial charge in [0.25, 0.3) is 0 Å². The highest BCUT2D eigenvalue weighted by Gasteiger charge is 2.43. The summed E-state index contributed by atoms with van der Waals surface area (Å²) < 4.78 is 0. The Bertz CT molecular complexity index is 235. The molecule has 2 nitrogen and oxygen atoms in total. The summed E-state index contributed by atoms with van der Waals surface area (Å²) in [7, 11) is 0. The van der Waals surface area contributed by atoms with Gasteiger partial charge in [0, 0.05) is 18.6 Å². The van der Waals surface area contributed by atoms with E-state index in [4.69, 9.17) is 0 Å². The van der Waals surface area contributed by atoms with Gasteiger partial charge in [-0.3, -0.25) is 4.90 Å². The lowest BCUT2D eigenvalue weighted by Crippen LogP contribution is -2.47. The van der Waals surface area contributed by atoms with Crippen LogP contribution in [-0.2, 0) is 0 Å². The molecule has 1 heterocycles. The Hall–Kier alpha value is -0.0800. The fraction of sp³-hybridized carbons (Fsp3) is 1.00. The maximum atomic E-state index is 3.54. The number of hydrogen-bond acceptors (Lipinski definition) is 2. The lowest BCUT2D eigenvalue weighted by atomic mass is 9.92. The maximum absolute atomic E-state index is 3.54. The molecule has 2 heteroatoms. The molecule has 2 saturated carbocycles. The monoisotopic (exact) mass is 222 g/mol.